The maximum atomic E-state index is 12.1. The fraction of sp³-hybridized carbons (Fsp3) is 0.375. The zero-order chi connectivity index (χ0) is 28.4. The minimum Gasteiger partial charge on any atom is -0.488 e. The molecule has 39 heavy (non-hydrogen) atoms. The highest BCUT2D eigenvalue weighted by molar-refractivity contribution is 5.89. The summed E-state index contributed by atoms with van der Waals surface area (Å²) in [6.45, 7) is 12.9. The molecule has 7 heteroatoms. The molecule has 0 aliphatic rings. The van der Waals surface area contributed by atoms with Crippen molar-refractivity contribution in [1.29, 1.82) is 0 Å². The van der Waals surface area contributed by atoms with Crippen molar-refractivity contribution in [1.82, 2.24) is 0 Å². The highest BCUT2D eigenvalue weighted by Crippen LogP contribution is 2.28. The van der Waals surface area contributed by atoms with Crippen LogP contribution >= 0.6 is 0 Å². The van der Waals surface area contributed by atoms with E-state index in [0.29, 0.717) is 18.8 Å². The number of nitrogens with two attached hydrogens (primary N) is 1. The number of quaternary nitrogens is 1. The van der Waals surface area contributed by atoms with Gasteiger partial charge in [-0.25, -0.2) is 9.59 Å². The van der Waals surface area contributed by atoms with Crippen molar-refractivity contribution in [3.63, 3.8) is 0 Å². The van der Waals surface area contributed by atoms with Crippen molar-refractivity contribution >= 4 is 17.7 Å². The Labute approximate surface area is 231 Å². The summed E-state index contributed by atoms with van der Waals surface area (Å²) in [7, 11) is 1.37. The quantitative estimate of drug-likeness (QED) is 0.245. The van der Waals surface area contributed by atoms with Crippen LogP contribution in [-0.4, -0.2) is 32.3 Å². The maximum absolute atomic E-state index is 12.1. The predicted molar refractivity (Wildman–Crippen MR) is 153 cm³/mol. The number of rotatable bonds is 11. The summed E-state index contributed by atoms with van der Waals surface area (Å²) in [6.07, 6.45) is 0.301. The largest absolute Gasteiger partial charge is 0.488 e. The van der Waals surface area contributed by atoms with Gasteiger partial charge >= 0.3 is 12.1 Å². The van der Waals surface area contributed by atoms with Crippen LogP contribution in [0.5, 0.6) is 5.75 Å². The fourth-order valence-electron chi connectivity index (χ4n) is 4.21. The third-order valence-electron chi connectivity index (χ3n) is 6.31. The van der Waals surface area contributed by atoms with Crippen molar-refractivity contribution in [2.45, 2.75) is 59.6 Å². The van der Waals surface area contributed by atoms with Gasteiger partial charge in [0.15, 0.2) is 0 Å². The summed E-state index contributed by atoms with van der Waals surface area (Å²) in [4.78, 5) is 23.8. The number of esters is 1. The van der Waals surface area contributed by atoms with Crippen LogP contribution in [0.3, 0.4) is 0 Å². The highest BCUT2D eigenvalue weighted by atomic mass is 16.5. The molecule has 0 saturated heterocycles. The Balaban J connectivity index is 1.51. The zero-order valence-corrected chi connectivity index (χ0v) is 23.9. The van der Waals surface area contributed by atoms with Crippen LogP contribution in [0.4, 0.5) is 10.5 Å². The molecule has 3 aromatic rings. The van der Waals surface area contributed by atoms with E-state index in [9.17, 15) is 9.59 Å². The minimum absolute atomic E-state index is 0.0219. The zero-order valence-electron chi connectivity index (χ0n) is 23.9. The van der Waals surface area contributed by atoms with E-state index in [1.165, 1.54) is 12.7 Å². The van der Waals surface area contributed by atoms with E-state index in [0.717, 1.165) is 53.2 Å². The van der Waals surface area contributed by atoms with Crippen molar-refractivity contribution in [3.8, 4) is 5.75 Å². The van der Waals surface area contributed by atoms with E-state index in [1.54, 1.807) is 12.1 Å². The van der Waals surface area contributed by atoms with Gasteiger partial charge in [-0.15, -0.1) is 0 Å². The van der Waals surface area contributed by atoms with E-state index in [4.69, 9.17) is 14.2 Å². The lowest BCUT2D eigenvalue weighted by atomic mass is 9.86. The van der Waals surface area contributed by atoms with Crippen molar-refractivity contribution in [2.24, 2.45) is 0 Å². The van der Waals surface area contributed by atoms with Crippen LogP contribution in [0.15, 0.2) is 60.7 Å². The Bertz CT molecular complexity index is 1240. The Morgan fingerprint density at radius 1 is 0.923 bits per heavy atom. The molecule has 1 amide bonds. The van der Waals surface area contributed by atoms with Gasteiger partial charge in [0.25, 0.3) is 0 Å². The summed E-state index contributed by atoms with van der Waals surface area (Å²) in [5.41, 5.74) is 6.79. The predicted octanol–water partition coefficient (Wildman–Crippen LogP) is 5.67. The van der Waals surface area contributed by atoms with Gasteiger partial charge in [-0.1, -0.05) is 45.0 Å². The third kappa shape index (κ3) is 9.45. The van der Waals surface area contributed by atoms with Crippen LogP contribution in [-0.2, 0) is 28.0 Å². The SMILES string of the molecule is COC(=O)c1ccc(COc2ccc(C(C)(C)C)cc2C[NH2+]CCCOC(=O)Nc2cc(C)cc(C)c2)cc1. The minimum atomic E-state index is -0.437. The lowest BCUT2D eigenvalue weighted by Gasteiger charge is -2.21. The summed E-state index contributed by atoms with van der Waals surface area (Å²) >= 11 is 0. The molecule has 0 aromatic heterocycles. The van der Waals surface area contributed by atoms with Crippen LogP contribution in [0, 0.1) is 13.8 Å². The summed E-state index contributed by atoms with van der Waals surface area (Å²) < 4.78 is 16.3. The molecular weight excluding hydrogens is 492 g/mol. The number of amides is 1. The second kappa shape index (κ2) is 13.8. The number of ether oxygens (including phenoxy) is 3. The number of methoxy groups -OCH3 is 1. The van der Waals surface area contributed by atoms with E-state index in [-0.39, 0.29) is 11.4 Å². The Hall–Kier alpha value is -3.84. The number of anilines is 1. The first-order chi connectivity index (χ1) is 18.5. The maximum Gasteiger partial charge on any atom is 0.411 e. The molecular formula is C32H41N2O5+. The van der Waals surface area contributed by atoms with Crippen LogP contribution in [0.1, 0.15) is 65.4 Å². The Morgan fingerprint density at radius 3 is 2.26 bits per heavy atom. The molecule has 3 rings (SSSR count). The van der Waals surface area contributed by atoms with Gasteiger partial charge in [0.2, 0.25) is 0 Å². The van der Waals surface area contributed by atoms with E-state index < -0.39 is 6.09 Å². The number of hydrogen-bond donors (Lipinski definition) is 2. The van der Waals surface area contributed by atoms with E-state index in [1.807, 2.05) is 44.2 Å². The lowest BCUT2D eigenvalue weighted by Crippen LogP contribution is -2.82. The number of carbonyl (C=O) groups is 2. The molecule has 0 heterocycles. The number of benzene rings is 3. The first-order valence-corrected chi connectivity index (χ1v) is 13.3. The first kappa shape index (κ1) is 29.7. The molecule has 208 valence electrons. The number of hydrogen-bond acceptors (Lipinski definition) is 5. The Morgan fingerprint density at radius 2 is 1.62 bits per heavy atom. The van der Waals surface area contributed by atoms with Gasteiger partial charge in [0, 0.05) is 17.7 Å². The van der Waals surface area contributed by atoms with E-state index >= 15 is 0 Å². The monoisotopic (exact) mass is 533 g/mol. The summed E-state index contributed by atoms with van der Waals surface area (Å²) in [5.74, 6) is 0.478. The van der Waals surface area contributed by atoms with Gasteiger partial charge < -0.3 is 19.5 Å². The summed E-state index contributed by atoms with van der Waals surface area (Å²) in [5, 5.41) is 5.00. The first-order valence-electron chi connectivity index (χ1n) is 13.3. The molecule has 0 bridgehead atoms. The fourth-order valence-corrected chi connectivity index (χ4v) is 4.21. The van der Waals surface area contributed by atoms with Crippen molar-refractivity contribution < 1.29 is 29.1 Å². The lowest BCUT2D eigenvalue weighted by molar-refractivity contribution is -0.671. The molecule has 0 radical (unpaired) electrons. The second-order valence-electron chi connectivity index (χ2n) is 10.8. The molecule has 0 unspecified atom stereocenters. The smallest absolute Gasteiger partial charge is 0.411 e. The average Bonchev–Trinajstić information content (AvgIpc) is 2.88. The average molecular weight is 534 g/mol. The molecule has 0 atom stereocenters. The molecule has 3 aromatic carbocycles. The molecule has 0 saturated carbocycles. The van der Waals surface area contributed by atoms with Crippen LogP contribution < -0.4 is 15.4 Å². The van der Waals surface area contributed by atoms with Crippen LogP contribution in [0.25, 0.3) is 0 Å². The number of carbonyl (C=O) groups excluding carboxylic acids is 2. The van der Waals surface area contributed by atoms with Crippen molar-refractivity contribution in [3.05, 3.63) is 94.0 Å². The Kier molecular flexibility index (Phi) is 10.5. The van der Waals surface area contributed by atoms with Crippen LogP contribution in [0.2, 0.25) is 0 Å². The standard InChI is InChI=1S/C32H40N2O5/c1-22-16-23(2)18-28(17-22)34-31(36)38-15-7-14-33-20-26-19-27(32(3,4)5)12-13-29(26)39-21-24-8-10-25(11-9-24)30(35)37-6/h8-13,16-19,33H,7,14-15,20-21H2,1-6H3,(H,34,36)/p+1. The number of aryl methyl sites for hydroxylation is 2. The van der Waals surface area contributed by atoms with Gasteiger partial charge in [0.05, 0.1) is 25.8 Å². The molecule has 0 spiro atoms. The van der Waals surface area contributed by atoms with Gasteiger partial charge in [-0.2, -0.15) is 0 Å². The second-order valence-corrected chi connectivity index (χ2v) is 10.8. The highest BCUT2D eigenvalue weighted by Gasteiger charge is 2.17. The van der Waals surface area contributed by atoms with Crippen molar-refractivity contribution in [2.75, 3.05) is 25.6 Å². The van der Waals surface area contributed by atoms with E-state index in [2.05, 4.69) is 49.6 Å². The number of nitrogens with one attached hydrogen (secondary N) is 1. The van der Waals surface area contributed by atoms with Gasteiger partial charge in [0.1, 0.15) is 18.9 Å². The summed E-state index contributed by atoms with van der Waals surface area (Å²) in [6, 6.07) is 19.5. The van der Waals surface area contributed by atoms with Gasteiger partial charge in [-0.05, 0) is 77.9 Å². The molecule has 0 aliphatic heterocycles. The molecule has 0 aliphatic carbocycles. The topological polar surface area (TPSA) is 90.5 Å². The molecule has 0 fully saturated rings. The third-order valence-corrected chi connectivity index (χ3v) is 6.31. The molecule has 3 N–H and O–H groups in total. The normalized spacial score (nSPS) is 11.1. The molecule has 7 nitrogen and oxygen atoms in total. The van der Waals surface area contributed by atoms with Gasteiger partial charge in [-0.3, -0.25) is 5.32 Å².